The zero-order valence-electron chi connectivity index (χ0n) is 6.84. The second-order valence-corrected chi connectivity index (χ2v) is 2.27. The van der Waals surface area contributed by atoms with Crippen LogP contribution in [-0.4, -0.2) is 12.3 Å². The maximum atomic E-state index is 10.4. The summed E-state index contributed by atoms with van der Waals surface area (Å²) in [6.07, 6.45) is 2.91. The summed E-state index contributed by atoms with van der Waals surface area (Å²) in [6, 6.07) is 9.31. The van der Waals surface area contributed by atoms with Crippen molar-refractivity contribution in [3.63, 3.8) is 0 Å². The molecule has 0 aliphatic heterocycles. The summed E-state index contributed by atoms with van der Waals surface area (Å²) < 4.78 is 4.41. The Morgan fingerprint density at radius 3 is 2.54 bits per heavy atom. The van der Waals surface area contributed by atoms with Crippen molar-refractivity contribution >= 4 is 18.3 Å². The van der Waals surface area contributed by atoms with Gasteiger partial charge in [0.2, 0.25) is 6.29 Å². The Bertz CT molecular complexity index is 314. The van der Waals surface area contributed by atoms with E-state index in [9.17, 15) is 9.59 Å². The maximum absolute atomic E-state index is 10.4. The van der Waals surface area contributed by atoms with E-state index in [2.05, 4.69) is 4.74 Å². The number of hydrogen-bond acceptors (Lipinski definition) is 3. The Morgan fingerprint density at radius 2 is 1.92 bits per heavy atom. The predicted molar refractivity (Wildman–Crippen MR) is 47.6 cm³/mol. The number of aldehydes is 1. The highest BCUT2D eigenvalue weighted by atomic mass is 16.5. The van der Waals surface area contributed by atoms with Gasteiger partial charge in [-0.05, 0) is 11.6 Å². The molecule has 0 saturated heterocycles. The third kappa shape index (κ3) is 3.33. The smallest absolute Gasteiger partial charge is 0.376 e. The maximum Gasteiger partial charge on any atom is 0.376 e. The van der Waals surface area contributed by atoms with Crippen molar-refractivity contribution < 1.29 is 14.3 Å². The SMILES string of the molecule is O=CC(=O)OC=Cc1ccccc1. The molecule has 3 nitrogen and oxygen atoms in total. The van der Waals surface area contributed by atoms with Crippen molar-refractivity contribution in [2.75, 3.05) is 0 Å². The van der Waals surface area contributed by atoms with Crippen molar-refractivity contribution in [3.8, 4) is 0 Å². The number of esters is 1. The minimum atomic E-state index is -0.896. The topological polar surface area (TPSA) is 43.4 Å². The van der Waals surface area contributed by atoms with Gasteiger partial charge in [-0.25, -0.2) is 4.79 Å². The molecule has 13 heavy (non-hydrogen) atoms. The van der Waals surface area contributed by atoms with E-state index in [4.69, 9.17) is 0 Å². The number of carbonyl (C=O) groups excluding carboxylic acids is 2. The fourth-order valence-corrected chi connectivity index (χ4v) is 0.772. The molecule has 0 aliphatic carbocycles. The van der Waals surface area contributed by atoms with E-state index in [0.29, 0.717) is 0 Å². The highest BCUT2D eigenvalue weighted by molar-refractivity contribution is 6.20. The highest BCUT2D eigenvalue weighted by Gasteiger charge is 1.93. The van der Waals surface area contributed by atoms with Gasteiger partial charge in [-0.15, -0.1) is 0 Å². The molecule has 0 N–H and O–H groups in total. The molecule has 1 aromatic carbocycles. The molecule has 0 aromatic heterocycles. The molecule has 0 heterocycles. The average Bonchev–Trinajstić information content (AvgIpc) is 2.19. The van der Waals surface area contributed by atoms with Gasteiger partial charge in [0, 0.05) is 0 Å². The van der Waals surface area contributed by atoms with Crippen molar-refractivity contribution in [1.82, 2.24) is 0 Å². The summed E-state index contributed by atoms with van der Waals surface area (Å²) in [6.45, 7) is 0. The first kappa shape index (κ1) is 9.19. The van der Waals surface area contributed by atoms with Crippen LogP contribution >= 0.6 is 0 Å². The number of benzene rings is 1. The number of hydrogen-bond donors (Lipinski definition) is 0. The standard InChI is InChI=1S/C10H8O3/c11-8-10(12)13-7-6-9-4-2-1-3-5-9/h1-8H. The Balaban J connectivity index is 2.50. The molecule has 0 aliphatic rings. The quantitative estimate of drug-likeness (QED) is 0.302. The molecule has 0 fully saturated rings. The second-order valence-electron chi connectivity index (χ2n) is 2.27. The first-order valence-electron chi connectivity index (χ1n) is 3.70. The molecule has 1 rings (SSSR count). The molecule has 0 atom stereocenters. The first-order valence-corrected chi connectivity index (χ1v) is 3.70. The average molecular weight is 176 g/mol. The first-order chi connectivity index (χ1) is 6.33. The van der Waals surface area contributed by atoms with Gasteiger partial charge in [0.25, 0.3) is 0 Å². The number of rotatable bonds is 3. The van der Waals surface area contributed by atoms with Crippen LogP contribution in [0.15, 0.2) is 36.6 Å². The molecule has 1 aromatic rings. The lowest BCUT2D eigenvalue weighted by molar-refractivity contribution is -0.144. The summed E-state index contributed by atoms with van der Waals surface area (Å²) in [5, 5.41) is 0. The molecule has 0 spiro atoms. The summed E-state index contributed by atoms with van der Waals surface area (Å²) in [5.74, 6) is -0.896. The van der Waals surface area contributed by atoms with E-state index in [0.717, 1.165) is 5.56 Å². The molecule has 0 amide bonds. The lowest BCUT2D eigenvalue weighted by Gasteiger charge is -1.91. The lowest BCUT2D eigenvalue weighted by atomic mass is 10.2. The molecule has 0 saturated carbocycles. The fourth-order valence-electron chi connectivity index (χ4n) is 0.772. The van der Waals surface area contributed by atoms with Gasteiger partial charge in [0.1, 0.15) is 0 Å². The van der Waals surface area contributed by atoms with Crippen LogP contribution in [-0.2, 0) is 14.3 Å². The van der Waals surface area contributed by atoms with E-state index in [1.807, 2.05) is 30.3 Å². The molecular formula is C10H8O3. The largest absolute Gasteiger partial charge is 0.429 e. The van der Waals surface area contributed by atoms with Gasteiger partial charge in [0.05, 0.1) is 6.26 Å². The summed E-state index contributed by atoms with van der Waals surface area (Å²) in [7, 11) is 0. The highest BCUT2D eigenvalue weighted by Crippen LogP contribution is 2.00. The van der Waals surface area contributed by atoms with E-state index < -0.39 is 5.97 Å². The van der Waals surface area contributed by atoms with Crippen LogP contribution in [0.1, 0.15) is 5.56 Å². The van der Waals surface area contributed by atoms with Crippen LogP contribution in [0.25, 0.3) is 6.08 Å². The van der Waals surface area contributed by atoms with E-state index in [-0.39, 0.29) is 6.29 Å². The fraction of sp³-hybridized carbons (Fsp3) is 0. The number of carbonyl (C=O) groups is 2. The minimum Gasteiger partial charge on any atom is -0.429 e. The van der Waals surface area contributed by atoms with Crippen LogP contribution in [0.2, 0.25) is 0 Å². The van der Waals surface area contributed by atoms with Gasteiger partial charge in [-0.3, -0.25) is 4.79 Å². The Kier molecular flexibility index (Phi) is 3.45. The van der Waals surface area contributed by atoms with E-state index in [1.54, 1.807) is 6.08 Å². The third-order valence-electron chi connectivity index (χ3n) is 1.34. The predicted octanol–water partition coefficient (Wildman–Crippen LogP) is 1.40. The molecule has 0 bridgehead atoms. The molecule has 66 valence electrons. The van der Waals surface area contributed by atoms with Crippen molar-refractivity contribution in [2.45, 2.75) is 0 Å². The van der Waals surface area contributed by atoms with Gasteiger partial charge in [-0.2, -0.15) is 0 Å². The van der Waals surface area contributed by atoms with Gasteiger partial charge >= 0.3 is 5.97 Å². The van der Waals surface area contributed by atoms with Crippen molar-refractivity contribution in [1.29, 1.82) is 0 Å². The Labute approximate surface area is 75.6 Å². The normalized spacial score (nSPS) is 9.85. The van der Waals surface area contributed by atoms with E-state index >= 15 is 0 Å². The van der Waals surface area contributed by atoms with E-state index in [1.165, 1.54) is 6.26 Å². The molecule has 3 heteroatoms. The van der Waals surface area contributed by atoms with Gasteiger partial charge < -0.3 is 4.74 Å². The van der Waals surface area contributed by atoms with Crippen LogP contribution in [0, 0.1) is 0 Å². The number of ether oxygens (including phenoxy) is 1. The summed E-state index contributed by atoms with van der Waals surface area (Å²) in [4.78, 5) is 20.2. The summed E-state index contributed by atoms with van der Waals surface area (Å²) >= 11 is 0. The van der Waals surface area contributed by atoms with Gasteiger partial charge in [-0.1, -0.05) is 30.3 Å². The minimum absolute atomic E-state index is 0.120. The van der Waals surface area contributed by atoms with Crippen molar-refractivity contribution in [3.05, 3.63) is 42.2 Å². The van der Waals surface area contributed by atoms with Crippen LogP contribution in [0.3, 0.4) is 0 Å². The molecular weight excluding hydrogens is 168 g/mol. The van der Waals surface area contributed by atoms with Crippen LogP contribution in [0.4, 0.5) is 0 Å². The molecule has 0 radical (unpaired) electrons. The van der Waals surface area contributed by atoms with Crippen LogP contribution < -0.4 is 0 Å². The second kappa shape index (κ2) is 4.87. The van der Waals surface area contributed by atoms with Gasteiger partial charge in [0.15, 0.2) is 0 Å². The molecule has 0 unspecified atom stereocenters. The Hall–Kier alpha value is -1.90. The lowest BCUT2D eigenvalue weighted by Crippen LogP contribution is -1.98. The summed E-state index contributed by atoms with van der Waals surface area (Å²) in [5.41, 5.74) is 0.904. The third-order valence-corrected chi connectivity index (χ3v) is 1.34. The Morgan fingerprint density at radius 1 is 1.23 bits per heavy atom. The monoisotopic (exact) mass is 176 g/mol. The zero-order chi connectivity index (χ0) is 9.52. The van der Waals surface area contributed by atoms with Crippen LogP contribution in [0.5, 0.6) is 0 Å². The van der Waals surface area contributed by atoms with Crippen molar-refractivity contribution in [2.24, 2.45) is 0 Å². The zero-order valence-corrected chi connectivity index (χ0v) is 6.84.